The number of fused-ring (bicyclic) bond motifs is 1. The van der Waals surface area contributed by atoms with E-state index in [0.29, 0.717) is 25.8 Å². The van der Waals surface area contributed by atoms with Crippen LogP contribution in [0.15, 0.2) is 54.6 Å². The lowest BCUT2D eigenvalue weighted by molar-refractivity contribution is 0.0103. The number of rotatable bonds is 7. The van der Waals surface area contributed by atoms with Gasteiger partial charge in [-0.25, -0.2) is 0 Å². The molecule has 1 aliphatic heterocycles. The SMILES string of the molecule is O[C@@H](COCc1ccccc1)CN1CCCN([C@@H]2CCCc3ccccc32)CC1. The zero-order chi connectivity index (χ0) is 19.9. The molecule has 0 aromatic heterocycles. The lowest BCUT2D eigenvalue weighted by Gasteiger charge is -2.35. The van der Waals surface area contributed by atoms with Gasteiger partial charge in [-0.15, -0.1) is 0 Å². The molecule has 156 valence electrons. The summed E-state index contributed by atoms with van der Waals surface area (Å²) in [6.07, 6.45) is 4.52. The first-order valence-corrected chi connectivity index (χ1v) is 11.1. The van der Waals surface area contributed by atoms with Gasteiger partial charge in [0.1, 0.15) is 0 Å². The molecule has 2 aromatic rings. The highest BCUT2D eigenvalue weighted by molar-refractivity contribution is 5.32. The number of aliphatic hydroxyl groups excluding tert-OH is 1. The zero-order valence-electron chi connectivity index (χ0n) is 17.4. The Balaban J connectivity index is 1.24. The smallest absolute Gasteiger partial charge is 0.0900 e. The summed E-state index contributed by atoms with van der Waals surface area (Å²) in [6, 6.07) is 19.7. The van der Waals surface area contributed by atoms with Crippen LogP contribution in [-0.4, -0.2) is 60.3 Å². The zero-order valence-corrected chi connectivity index (χ0v) is 17.4. The van der Waals surface area contributed by atoms with Crippen molar-refractivity contribution in [3.63, 3.8) is 0 Å². The highest BCUT2D eigenvalue weighted by Crippen LogP contribution is 2.34. The molecular weight excluding hydrogens is 360 g/mol. The normalized spacial score (nSPS) is 22.0. The number of ether oxygens (including phenoxy) is 1. The Morgan fingerprint density at radius 1 is 0.931 bits per heavy atom. The van der Waals surface area contributed by atoms with Crippen molar-refractivity contribution in [3.8, 4) is 0 Å². The van der Waals surface area contributed by atoms with Crippen molar-refractivity contribution in [1.29, 1.82) is 0 Å². The van der Waals surface area contributed by atoms with E-state index in [0.717, 1.165) is 38.2 Å². The number of β-amino-alcohol motifs (C(OH)–C–C–N with tert-alkyl or cyclic N) is 1. The summed E-state index contributed by atoms with van der Waals surface area (Å²) >= 11 is 0. The molecule has 4 heteroatoms. The van der Waals surface area contributed by atoms with Crippen LogP contribution in [-0.2, 0) is 17.8 Å². The monoisotopic (exact) mass is 394 g/mol. The Morgan fingerprint density at radius 2 is 1.76 bits per heavy atom. The summed E-state index contributed by atoms with van der Waals surface area (Å²) in [5, 5.41) is 10.4. The summed E-state index contributed by atoms with van der Waals surface area (Å²) in [5.41, 5.74) is 4.23. The Hall–Kier alpha value is -1.72. The second kappa shape index (κ2) is 10.4. The van der Waals surface area contributed by atoms with Crippen LogP contribution in [0.5, 0.6) is 0 Å². The first-order chi connectivity index (χ1) is 14.3. The van der Waals surface area contributed by atoms with Gasteiger partial charge in [-0.3, -0.25) is 9.80 Å². The number of hydrogen-bond donors (Lipinski definition) is 1. The van der Waals surface area contributed by atoms with Crippen molar-refractivity contribution in [2.45, 2.75) is 44.4 Å². The molecule has 0 bridgehead atoms. The van der Waals surface area contributed by atoms with Gasteiger partial charge in [0, 0.05) is 32.2 Å². The second-order valence-corrected chi connectivity index (χ2v) is 8.45. The Morgan fingerprint density at radius 3 is 2.66 bits per heavy atom. The minimum Gasteiger partial charge on any atom is -0.389 e. The highest BCUT2D eigenvalue weighted by Gasteiger charge is 2.27. The molecule has 1 saturated heterocycles. The topological polar surface area (TPSA) is 35.9 Å². The number of aliphatic hydroxyl groups is 1. The molecule has 0 amide bonds. The predicted octanol–water partition coefficient (Wildman–Crippen LogP) is 3.65. The van der Waals surface area contributed by atoms with Gasteiger partial charge in [0.05, 0.1) is 19.3 Å². The molecule has 0 unspecified atom stereocenters. The summed E-state index contributed by atoms with van der Waals surface area (Å²) in [5.74, 6) is 0. The fourth-order valence-electron chi connectivity index (χ4n) is 4.83. The molecule has 1 aliphatic carbocycles. The second-order valence-electron chi connectivity index (χ2n) is 8.45. The van der Waals surface area contributed by atoms with Gasteiger partial charge in [0.2, 0.25) is 0 Å². The van der Waals surface area contributed by atoms with E-state index in [1.807, 2.05) is 18.2 Å². The Kier molecular flexibility index (Phi) is 7.33. The van der Waals surface area contributed by atoms with E-state index in [9.17, 15) is 5.11 Å². The molecule has 4 nitrogen and oxygen atoms in total. The summed E-state index contributed by atoms with van der Waals surface area (Å²) in [7, 11) is 0. The third-order valence-corrected chi connectivity index (χ3v) is 6.29. The third-order valence-electron chi connectivity index (χ3n) is 6.29. The molecule has 4 rings (SSSR count). The van der Waals surface area contributed by atoms with Crippen molar-refractivity contribution in [2.75, 3.05) is 39.3 Å². The lowest BCUT2D eigenvalue weighted by Crippen LogP contribution is -2.38. The standard InChI is InChI=1S/C25H34N2O2/c28-23(20-29-19-21-8-2-1-3-9-21)18-26-14-7-15-27(17-16-26)25-13-6-11-22-10-4-5-12-24(22)25/h1-5,8-10,12,23,25,28H,6-7,11,13-20H2/t23-,25-/m1/s1. The molecule has 2 atom stereocenters. The minimum atomic E-state index is -0.430. The Labute approximate surface area is 175 Å². The van der Waals surface area contributed by atoms with Gasteiger partial charge in [-0.1, -0.05) is 54.6 Å². The quantitative estimate of drug-likeness (QED) is 0.778. The average Bonchev–Trinajstić information content (AvgIpc) is 2.99. The van der Waals surface area contributed by atoms with E-state index in [1.54, 1.807) is 5.56 Å². The first-order valence-electron chi connectivity index (χ1n) is 11.1. The van der Waals surface area contributed by atoms with Crippen LogP contribution in [0.3, 0.4) is 0 Å². The maximum atomic E-state index is 10.4. The van der Waals surface area contributed by atoms with Crippen LogP contribution in [0.4, 0.5) is 0 Å². The fourth-order valence-corrected chi connectivity index (χ4v) is 4.83. The molecule has 29 heavy (non-hydrogen) atoms. The van der Waals surface area contributed by atoms with Gasteiger partial charge in [-0.2, -0.15) is 0 Å². The van der Waals surface area contributed by atoms with E-state index < -0.39 is 6.10 Å². The molecule has 0 spiro atoms. The average molecular weight is 395 g/mol. The van der Waals surface area contributed by atoms with Crippen molar-refractivity contribution in [1.82, 2.24) is 9.80 Å². The predicted molar refractivity (Wildman–Crippen MR) is 117 cm³/mol. The maximum absolute atomic E-state index is 10.4. The van der Waals surface area contributed by atoms with Gasteiger partial charge < -0.3 is 9.84 Å². The van der Waals surface area contributed by atoms with E-state index in [1.165, 1.54) is 24.8 Å². The fraction of sp³-hybridized carbons (Fsp3) is 0.520. The van der Waals surface area contributed by atoms with Crippen LogP contribution < -0.4 is 0 Å². The molecule has 0 saturated carbocycles. The van der Waals surface area contributed by atoms with Crippen LogP contribution in [0, 0.1) is 0 Å². The third kappa shape index (κ3) is 5.67. The molecule has 1 heterocycles. The lowest BCUT2D eigenvalue weighted by atomic mass is 9.87. The van der Waals surface area contributed by atoms with Gasteiger partial charge >= 0.3 is 0 Å². The molecule has 1 fully saturated rings. The van der Waals surface area contributed by atoms with Crippen LogP contribution in [0.2, 0.25) is 0 Å². The summed E-state index contributed by atoms with van der Waals surface area (Å²) in [6.45, 7) is 5.96. The molecular formula is C25H34N2O2. The molecule has 1 N–H and O–H groups in total. The van der Waals surface area contributed by atoms with Crippen LogP contribution in [0.1, 0.15) is 42.0 Å². The molecule has 0 radical (unpaired) electrons. The summed E-state index contributed by atoms with van der Waals surface area (Å²) < 4.78 is 5.72. The van der Waals surface area contributed by atoms with Crippen LogP contribution >= 0.6 is 0 Å². The number of nitrogens with zero attached hydrogens (tertiary/aromatic N) is 2. The first kappa shape index (κ1) is 20.5. The van der Waals surface area contributed by atoms with Gasteiger partial charge in [0.15, 0.2) is 0 Å². The van der Waals surface area contributed by atoms with Gasteiger partial charge in [-0.05, 0) is 48.9 Å². The minimum absolute atomic E-state index is 0.394. The van der Waals surface area contributed by atoms with Gasteiger partial charge in [0.25, 0.3) is 0 Å². The Bertz CT molecular complexity index is 751. The van der Waals surface area contributed by atoms with E-state index >= 15 is 0 Å². The summed E-state index contributed by atoms with van der Waals surface area (Å²) in [4.78, 5) is 5.08. The van der Waals surface area contributed by atoms with E-state index in [-0.39, 0.29) is 0 Å². The number of hydrogen-bond acceptors (Lipinski definition) is 4. The van der Waals surface area contributed by atoms with Crippen LogP contribution in [0.25, 0.3) is 0 Å². The van der Waals surface area contributed by atoms with Crippen molar-refractivity contribution in [2.24, 2.45) is 0 Å². The molecule has 2 aromatic carbocycles. The molecule has 2 aliphatic rings. The van der Waals surface area contributed by atoms with Crippen molar-refractivity contribution in [3.05, 3.63) is 71.3 Å². The van der Waals surface area contributed by atoms with Crippen molar-refractivity contribution >= 4 is 0 Å². The maximum Gasteiger partial charge on any atom is 0.0900 e. The number of benzene rings is 2. The van der Waals surface area contributed by atoms with E-state index in [2.05, 4.69) is 46.2 Å². The number of aryl methyl sites for hydroxylation is 1. The van der Waals surface area contributed by atoms with E-state index in [4.69, 9.17) is 4.74 Å². The largest absolute Gasteiger partial charge is 0.389 e. The highest BCUT2D eigenvalue weighted by atomic mass is 16.5. The van der Waals surface area contributed by atoms with Crippen molar-refractivity contribution < 1.29 is 9.84 Å².